The second-order valence-electron chi connectivity index (χ2n) is 10.7. The maximum absolute atomic E-state index is 13.7. The largest absolute Gasteiger partial charge is 0.497 e. The maximum atomic E-state index is 13.7. The van der Waals surface area contributed by atoms with Crippen LogP contribution in [0.25, 0.3) is 6.08 Å². The van der Waals surface area contributed by atoms with Gasteiger partial charge in [-0.15, -0.1) is 0 Å². The summed E-state index contributed by atoms with van der Waals surface area (Å²) in [4.78, 5) is 38.7. The highest BCUT2D eigenvalue weighted by Gasteiger charge is 2.63. The minimum atomic E-state index is -1.75. The van der Waals surface area contributed by atoms with Crippen molar-refractivity contribution in [2.75, 3.05) is 20.8 Å². The average Bonchev–Trinajstić information content (AvgIpc) is 3.28. The number of rotatable bonds is 9. The lowest BCUT2D eigenvalue weighted by molar-refractivity contribution is -0.346. The first-order valence-electron chi connectivity index (χ1n) is 13.4. The first-order valence-corrected chi connectivity index (χ1v) is 13.4. The summed E-state index contributed by atoms with van der Waals surface area (Å²) in [5, 5.41) is 40.5. The summed E-state index contributed by atoms with van der Waals surface area (Å²) in [7, 11) is 2.72. The molecule has 230 valence electrons. The Morgan fingerprint density at radius 3 is 2.33 bits per heavy atom. The van der Waals surface area contributed by atoms with Crippen molar-refractivity contribution in [1.82, 2.24) is 0 Å². The van der Waals surface area contributed by atoms with Gasteiger partial charge < -0.3 is 48.8 Å². The molecule has 2 fully saturated rings. The highest BCUT2D eigenvalue weighted by Crippen LogP contribution is 2.54. The van der Waals surface area contributed by atoms with Crippen molar-refractivity contribution in [3.05, 3.63) is 47.7 Å². The van der Waals surface area contributed by atoms with Crippen molar-refractivity contribution in [2.24, 2.45) is 17.8 Å². The van der Waals surface area contributed by atoms with Gasteiger partial charge in [-0.1, -0.05) is 18.2 Å². The number of ketones is 1. The van der Waals surface area contributed by atoms with Crippen LogP contribution in [0.4, 0.5) is 0 Å². The molecule has 0 amide bonds. The van der Waals surface area contributed by atoms with Gasteiger partial charge in [0, 0.05) is 18.8 Å². The summed E-state index contributed by atoms with van der Waals surface area (Å²) in [6.45, 7) is 2.10. The molecule has 0 aromatic heterocycles. The lowest BCUT2D eigenvalue weighted by atomic mass is 9.77. The van der Waals surface area contributed by atoms with Crippen molar-refractivity contribution in [3.63, 3.8) is 0 Å². The number of aliphatic hydroxyl groups excluding tert-OH is 4. The number of aliphatic hydroxyl groups is 4. The van der Waals surface area contributed by atoms with E-state index >= 15 is 0 Å². The van der Waals surface area contributed by atoms with Crippen molar-refractivity contribution in [2.45, 2.75) is 62.9 Å². The van der Waals surface area contributed by atoms with Crippen LogP contribution in [0.3, 0.4) is 0 Å². The molecule has 10 atom stereocenters. The molecule has 1 saturated carbocycles. The Bertz CT molecular complexity index is 1210. The first-order chi connectivity index (χ1) is 19.9. The summed E-state index contributed by atoms with van der Waals surface area (Å²) in [5.74, 6) is -3.92. The molecule has 1 aromatic carbocycles. The number of hydrogen-bond donors (Lipinski definition) is 4. The van der Waals surface area contributed by atoms with E-state index in [4.69, 9.17) is 28.4 Å². The van der Waals surface area contributed by atoms with Gasteiger partial charge in [-0.3, -0.25) is 9.59 Å². The zero-order valence-electron chi connectivity index (χ0n) is 23.6. The molecule has 2 heterocycles. The minimum absolute atomic E-state index is 0.0140. The molecule has 0 radical (unpaired) electrons. The third-order valence-electron chi connectivity index (χ3n) is 7.97. The predicted molar refractivity (Wildman–Crippen MR) is 142 cm³/mol. The van der Waals surface area contributed by atoms with E-state index in [1.54, 1.807) is 44.4 Å². The standard InChI is InChI=1S/C29H36O13/c1-14(31)42-29(2)11-17(19(32)10-7-15-5-8-16(37-3)9-6-15)21-18(26(36)38-4)13-39-27(22(21)29)41-28-25(35)24(34)23(33)20(12-30)40-28/h5-10,13,17,20-25,27-28,30,33-35H,11-12H2,1-4H3/b10-7+/t17-,20+,21+,22+,23+,24-,25+,27-,28-,29-/m0/s1. The Balaban J connectivity index is 1.69. The van der Waals surface area contributed by atoms with Gasteiger partial charge in [-0.05, 0) is 37.1 Å². The van der Waals surface area contributed by atoms with Gasteiger partial charge >= 0.3 is 11.9 Å². The van der Waals surface area contributed by atoms with Crippen LogP contribution >= 0.6 is 0 Å². The summed E-state index contributed by atoms with van der Waals surface area (Å²) in [6.07, 6.45) is -5.23. The highest BCUT2D eigenvalue weighted by atomic mass is 16.8. The Morgan fingerprint density at radius 2 is 1.74 bits per heavy atom. The third kappa shape index (κ3) is 6.21. The van der Waals surface area contributed by atoms with E-state index in [1.165, 1.54) is 20.1 Å². The first kappa shape index (κ1) is 31.6. The molecule has 4 N–H and O–H groups in total. The van der Waals surface area contributed by atoms with E-state index in [-0.39, 0.29) is 17.8 Å². The van der Waals surface area contributed by atoms with E-state index in [0.29, 0.717) is 5.75 Å². The monoisotopic (exact) mass is 592 g/mol. The quantitative estimate of drug-likeness (QED) is 0.223. The van der Waals surface area contributed by atoms with Crippen LogP contribution in [0, 0.1) is 17.8 Å². The van der Waals surface area contributed by atoms with E-state index in [0.717, 1.165) is 11.8 Å². The topological polar surface area (TPSA) is 188 Å². The normalized spacial score (nSPS) is 36.0. The molecule has 13 nitrogen and oxygen atoms in total. The van der Waals surface area contributed by atoms with Gasteiger partial charge in [0.05, 0.1) is 38.6 Å². The Morgan fingerprint density at radius 1 is 1.05 bits per heavy atom. The molecule has 13 heteroatoms. The second-order valence-corrected chi connectivity index (χ2v) is 10.7. The van der Waals surface area contributed by atoms with Gasteiger partial charge in [-0.2, -0.15) is 0 Å². The van der Waals surface area contributed by atoms with E-state index in [2.05, 4.69) is 0 Å². The fraction of sp³-hybridized carbons (Fsp3) is 0.552. The number of ether oxygens (including phenoxy) is 6. The molecule has 1 aromatic rings. The van der Waals surface area contributed by atoms with Gasteiger partial charge in [0.15, 0.2) is 12.1 Å². The van der Waals surface area contributed by atoms with Crippen LogP contribution in [0.5, 0.6) is 5.75 Å². The van der Waals surface area contributed by atoms with Gasteiger partial charge in [-0.25, -0.2) is 4.79 Å². The third-order valence-corrected chi connectivity index (χ3v) is 7.97. The summed E-state index contributed by atoms with van der Waals surface area (Å²) >= 11 is 0. The Labute approximate surface area is 242 Å². The van der Waals surface area contributed by atoms with Crippen LogP contribution in [0.2, 0.25) is 0 Å². The number of esters is 2. The van der Waals surface area contributed by atoms with E-state index < -0.39 is 78.9 Å². The van der Waals surface area contributed by atoms with Crippen LogP contribution in [-0.2, 0) is 38.1 Å². The summed E-state index contributed by atoms with van der Waals surface area (Å²) in [6, 6.07) is 7.01. The maximum Gasteiger partial charge on any atom is 0.337 e. The molecule has 1 saturated heterocycles. The van der Waals surface area contributed by atoms with Gasteiger partial charge in [0.25, 0.3) is 0 Å². The molecule has 2 aliphatic heterocycles. The van der Waals surface area contributed by atoms with E-state index in [1.807, 2.05) is 0 Å². The van der Waals surface area contributed by atoms with Crippen molar-refractivity contribution >= 4 is 23.8 Å². The molecule has 3 aliphatic rings. The highest BCUT2D eigenvalue weighted by molar-refractivity contribution is 5.98. The predicted octanol–water partition coefficient (Wildman–Crippen LogP) is 0.0813. The molecule has 4 rings (SSSR count). The molecule has 0 spiro atoms. The van der Waals surface area contributed by atoms with Crippen LogP contribution in [0.15, 0.2) is 42.2 Å². The molecule has 0 bridgehead atoms. The fourth-order valence-electron chi connectivity index (χ4n) is 5.96. The van der Waals surface area contributed by atoms with Crippen molar-refractivity contribution in [3.8, 4) is 5.75 Å². The Kier molecular flexibility index (Phi) is 9.70. The summed E-state index contributed by atoms with van der Waals surface area (Å²) in [5.41, 5.74) is -0.666. The summed E-state index contributed by atoms with van der Waals surface area (Å²) < 4.78 is 33.0. The van der Waals surface area contributed by atoms with E-state index in [9.17, 15) is 34.8 Å². The molecule has 42 heavy (non-hydrogen) atoms. The molecular formula is C29H36O13. The molecule has 1 aliphatic carbocycles. The lowest BCUT2D eigenvalue weighted by Gasteiger charge is -2.44. The number of fused-ring (bicyclic) bond motifs is 1. The second kappa shape index (κ2) is 12.9. The average molecular weight is 593 g/mol. The van der Waals surface area contributed by atoms with Gasteiger partial charge in [0.2, 0.25) is 6.29 Å². The number of carbonyl (C=O) groups excluding carboxylic acids is 3. The number of hydrogen-bond acceptors (Lipinski definition) is 13. The Hall–Kier alpha value is -3.33. The van der Waals surface area contributed by atoms with Crippen LogP contribution in [-0.4, -0.2) is 102 Å². The van der Waals surface area contributed by atoms with Crippen LogP contribution in [0.1, 0.15) is 25.8 Å². The zero-order chi connectivity index (χ0) is 30.8. The zero-order valence-corrected chi connectivity index (χ0v) is 23.6. The fourth-order valence-corrected chi connectivity index (χ4v) is 5.96. The molecule has 0 unspecified atom stereocenters. The van der Waals surface area contributed by atoms with Crippen LogP contribution < -0.4 is 4.74 Å². The SMILES string of the molecule is COC(=O)C1=CO[C@@H](O[C@@H]2O[C@H](CO)[C@@H](O)[C@H](O)[C@H]2O)[C@H]2[C@@H]1[C@H](C(=O)/C=C/c1ccc(OC)cc1)C[C@]2(C)OC(C)=O. The number of benzene rings is 1. The number of methoxy groups -OCH3 is 2. The minimum Gasteiger partial charge on any atom is -0.497 e. The number of allylic oxidation sites excluding steroid dienone is 1. The number of carbonyl (C=O) groups is 3. The van der Waals surface area contributed by atoms with Gasteiger partial charge in [0.1, 0.15) is 35.8 Å². The smallest absolute Gasteiger partial charge is 0.337 e. The van der Waals surface area contributed by atoms with Crippen molar-refractivity contribution < 1.29 is 63.2 Å². The van der Waals surface area contributed by atoms with Crippen molar-refractivity contribution in [1.29, 1.82) is 0 Å². The lowest BCUT2D eigenvalue weighted by Crippen LogP contribution is -2.61. The molecular weight excluding hydrogens is 556 g/mol.